The first kappa shape index (κ1) is 14.5. The molecule has 4 heteroatoms. The van der Waals surface area contributed by atoms with Crippen LogP contribution in [-0.2, 0) is 0 Å². The number of methoxy groups -OCH3 is 1. The van der Waals surface area contributed by atoms with Crippen LogP contribution in [0.5, 0.6) is 5.75 Å². The first-order valence-electron chi connectivity index (χ1n) is 7.81. The second kappa shape index (κ2) is 5.81. The average molecular weight is 315 g/mol. The number of hydrogen-bond acceptors (Lipinski definition) is 3. The van der Waals surface area contributed by atoms with Gasteiger partial charge in [-0.1, -0.05) is 30.3 Å². The van der Waals surface area contributed by atoms with Crippen LogP contribution in [0.15, 0.2) is 60.8 Å². The fourth-order valence-corrected chi connectivity index (χ4v) is 3.02. The molecule has 0 unspecified atom stereocenters. The van der Waals surface area contributed by atoms with Crippen molar-refractivity contribution in [3.8, 4) is 28.1 Å². The maximum atomic E-state index is 5.35. The Labute approximate surface area is 140 Å². The zero-order chi connectivity index (χ0) is 16.5. The molecular weight excluding hydrogens is 298 g/mol. The maximum Gasteiger partial charge on any atom is 0.119 e. The SMILES string of the molecule is COc1cccc(-c2cn[nH]c2-c2cc(C)nc3ccccc23)c1. The Kier molecular flexibility index (Phi) is 3.50. The van der Waals surface area contributed by atoms with Gasteiger partial charge in [0.2, 0.25) is 0 Å². The van der Waals surface area contributed by atoms with Crippen molar-refractivity contribution in [2.24, 2.45) is 0 Å². The number of ether oxygens (including phenoxy) is 1. The number of aryl methyl sites for hydroxylation is 1. The molecule has 0 aliphatic carbocycles. The summed E-state index contributed by atoms with van der Waals surface area (Å²) in [6.45, 7) is 2.01. The Hall–Kier alpha value is -3.14. The molecule has 4 nitrogen and oxygen atoms in total. The number of nitrogens with one attached hydrogen (secondary N) is 1. The van der Waals surface area contributed by atoms with Gasteiger partial charge in [0, 0.05) is 22.2 Å². The summed E-state index contributed by atoms with van der Waals surface area (Å²) in [6.07, 6.45) is 1.86. The minimum Gasteiger partial charge on any atom is -0.497 e. The molecule has 118 valence electrons. The fraction of sp³-hybridized carbons (Fsp3) is 0.100. The fourth-order valence-electron chi connectivity index (χ4n) is 3.02. The van der Waals surface area contributed by atoms with Gasteiger partial charge in [0.1, 0.15) is 5.75 Å². The molecule has 0 radical (unpaired) electrons. The highest BCUT2D eigenvalue weighted by Gasteiger charge is 2.14. The topological polar surface area (TPSA) is 50.8 Å². The predicted molar refractivity (Wildman–Crippen MR) is 96.0 cm³/mol. The van der Waals surface area contributed by atoms with Crippen LogP contribution in [0, 0.1) is 6.92 Å². The Morgan fingerprint density at radius 2 is 1.83 bits per heavy atom. The standard InChI is InChI=1S/C20H17N3O/c1-13-10-17(16-8-3-4-9-19(16)22-13)20-18(12-21-23-20)14-6-5-7-15(11-14)24-2/h3-12H,1-2H3,(H,21,23). The van der Waals surface area contributed by atoms with Crippen LogP contribution >= 0.6 is 0 Å². The first-order valence-corrected chi connectivity index (χ1v) is 7.81. The van der Waals surface area contributed by atoms with Crippen LogP contribution in [0.2, 0.25) is 0 Å². The number of aromatic amines is 1. The minimum absolute atomic E-state index is 0.829. The number of benzene rings is 2. The largest absolute Gasteiger partial charge is 0.497 e. The summed E-state index contributed by atoms with van der Waals surface area (Å²) in [6, 6.07) is 18.3. The molecule has 4 rings (SSSR count). The number of fused-ring (bicyclic) bond motifs is 1. The highest BCUT2D eigenvalue weighted by Crippen LogP contribution is 2.35. The van der Waals surface area contributed by atoms with Gasteiger partial charge in [-0.05, 0) is 36.8 Å². The van der Waals surface area contributed by atoms with E-state index in [4.69, 9.17) is 4.74 Å². The summed E-state index contributed by atoms with van der Waals surface area (Å²) in [5.74, 6) is 0.829. The van der Waals surface area contributed by atoms with Crippen molar-refractivity contribution in [2.75, 3.05) is 7.11 Å². The normalized spacial score (nSPS) is 10.9. The molecule has 2 aromatic carbocycles. The molecule has 2 aromatic heterocycles. The number of pyridine rings is 1. The van der Waals surface area contributed by atoms with E-state index in [-0.39, 0.29) is 0 Å². The number of rotatable bonds is 3. The van der Waals surface area contributed by atoms with Crippen molar-refractivity contribution >= 4 is 10.9 Å². The number of aromatic nitrogens is 3. The molecule has 4 aromatic rings. The number of para-hydroxylation sites is 1. The van der Waals surface area contributed by atoms with E-state index in [2.05, 4.69) is 33.4 Å². The molecule has 0 amide bonds. The van der Waals surface area contributed by atoms with Gasteiger partial charge in [0.15, 0.2) is 0 Å². The third-order valence-corrected chi connectivity index (χ3v) is 4.13. The van der Waals surface area contributed by atoms with E-state index in [9.17, 15) is 0 Å². The quantitative estimate of drug-likeness (QED) is 0.600. The van der Waals surface area contributed by atoms with Gasteiger partial charge in [0.25, 0.3) is 0 Å². The smallest absolute Gasteiger partial charge is 0.119 e. The summed E-state index contributed by atoms with van der Waals surface area (Å²) in [5.41, 5.74) is 6.17. The second-order valence-corrected chi connectivity index (χ2v) is 5.72. The third kappa shape index (κ3) is 2.42. The molecule has 0 atom stereocenters. The molecule has 0 aliphatic heterocycles. The molecule has 0 fully saturated rings. The molecule has 0 bridgehead atoms. The van der Waals surface area contributed by atoms with Gasteiger partial charge in [-0.2, -0.15) is 5.10 Å². The van der Waals surface area contributed by atoms with E-state index in [0.29, 0.717) is 0 Å². The Bertz CT molecular complexity index is 1020. The average Bonchev–Trinajstić information content (AvgIpc) is 3.10. The van der Waals surface area contributed by atoms with Crippen molar-refractivity contribution in [1.29, 1.82) is 0 Å². The number of nitrogens with zero attached hydrogens (tertiary/aromatic N) is 2. The van der Waals surface area contributed by atoms with Gasteiger partial charge in [-0.25, -0.2) is 0 Å². The van der Waals surface area contributed by atoms with Gasteiger partial charge in [0.05, 0.1) is 24.5 Å². The lowest BCUT2D eigenvalue weighted by Crippen LogP contribution is -1.90. The summed E-state index contributed by atoms with van der Waals surface area (Å²) < 4.78 is 5.35. The first-order chi connectivity index (χ1) is 11.8. The molecule has 0 saturated heterocycles. The lowest BCUT2D eigenvalue weighted by Gasteiger charge is -2.09. The molecule has 0 spiro atoms. The van der Waals surface area contributed by atoms with E-state index in [0.717, 1.165) is 44.7 Å². The van der Waals surface area contributed by atoms with Crippen LogP contribution in [0.1, 0.15) is 5.69 Å². The van der Waals surface area contributed by atoms with Crippen LogP contribution in [0.25, 0.3) is 33.3 Å². The third-order valence-electron chi connectivity index (χ3n) is 4.13. The summed E-state index contributed by atoms with van der Waals surface area (Å²) >= 11 is 0. The highest BCUT2D eigenvalue weighted by molar-refractivity contribution is 5.97. The van der Waals surface area contributed by atoms with Gasteiger partial charge in [-0.3, -0.25) is 10.1 Å². The zero-order valence-corrected chi connectivity index (χ0v) is 13.6. The van der Waals surface area contributed by atoms with Gasteiger partial charge < -0.3 is 4.74 Å². The monoisotopic (exact) mass is 315 g/mol. The molecule has 2 heterocycles. The van der Waals surface area contributed by atoms with E-state index in [1.807, 2.05) is 49.5 Å². The lowest BCUT2D eigenvalue weighted by molar-refractivity contribution is 0.415. The Morgan fingerprint density at radius 3 is 2.71 bits per heavy atom. The molecular formula is C20H17N3O. The van der Waals surface area contributed by atoms with Gasteiger partial charge >= 0.3 is 0 Å². The van der Waals surface area contributed by atoms with E-state index < -0.39 is 0 Å². The highest BCUT2D eigenvalue weighted by atomic mass is 16.5. The van der Waals surface area contributed by atoms with Crippen molar-refractivity contribution in [1.82, 2.24) is 15.2 Å². The van der Waals surface area contributed by atoms with Crippen molar-refractivity contribution in [2.45, 2.75) is 6.92 Å². The second-order valence-electron chi connectivity index (χ2n) is 5.72. The summed E-state index contributed by atoms with van der Waals surface area (Å²) in [7, 11) is 1.68. The van der Waals surface area contributed by atoms with Crippen molar-refractivity contribution < 1.29 is 4.74 Å². The molecule has 24 heavy (non-hydrogen) atoms. The van der Waals surface area contributed by atoms with Gasteiger partial charge in [-0.15, -0.1) is 0 Å². The van der Waals surface area contributed by atoms with E-state index in [1.54, 1.807) is 7.11 Å². The van der Waals surface area contributed by atoms with Crippen LogP contribution < -0.4 is 4.74 Å². The number of hydrogen-bond donors (Lipinski definition) is 1. The predicted octanol–water partition coefficient (Wildman–Crippen LogP) is 4.61. The maximum absolute atomic E-state index is 5.35. The van der Waals surface area contributed by atoms with E-state index >= 15 is 0 Å². The Morgan fingerprint density at radius 1 is 0.958 bits per heavy atom. The number of H-pyrrole nitrogens is 1. The summed E-state index contributed by atoms with van der Waals surface area (Å²) in [4.78, 5) is 4.62. The lowest BCUT2D eigenvalue weighted by atomic mass is 9.98. The minimum atomic E-state index is 0.829. The Balaban J connectivity index is 1.95. The van der Waals surface area contributed by atoms with Crippen molar-refractivity contribution in [3.05, 3.63) is 66.5 Å². The molecule has 1 N–H and O–H groups in total. The van der Waals surface area contributed by atoms with Crippen LogP contribution in [0.4, 0.5) is 0 Å². The van der Waals surface area contributed by atoms with Crippen LogP contribution in [-0.4, -0.2) is 22.3 Å². The zero-order valence-electron chi connectivity index (χ0n) is 13.6. The molecule has 0 saturated carbocycles. The van der Waals surface area contributed by atoms with E-state index in [1.165, 1.54) is 0 Å². The summed E-state index contributed by atoms with van der Waals surface area (Å²) in [5, 5.41) is 8.55. The van der Waals surface area contributed by atoms with Crippen molar-refractivity contribution in [3.63, 3.8) is 0 Å². The molecule has 0 aliphatic rings. The van der Waals surface area contributed by atoms with Crippen LogP contribution in [0.3, 0.4) is 0 Å².